The number of ether oxygens (including phenoxy) is 2. The summed E-state index contributed by atoms with van der Waals surface area (Å²) in [5.74, 6) is 0.471. The number of esters is 1. The molecule has 100 valence electrons. The summed E-state index contributed by atoms with van der Waals surface area (Å²) in [5.41, 5.74) is -0.707. The molecule has 18 heavy (non-hydrogen) atoms. The predicted molar refractivity (Wildman–Crippen MR) is 62.8 cm³/mol. The number of hydrogen-bond acceptors (Lipinski definition) is 4. The molecule has 2 unspecified atom stereocenters. The fraction of sp³-hybridized carbons (Fsp3) is 0.846. The Balaban J connectivity index is 1.95. The lowest BCUT2D eigenvalue weighted by molar-refractivity contribution is -0.148. The summed E-state index contributed by atoms with van der Waals surface area (Å²) in [6, 6.07) is 0.170. The van der Waals surface area contributed by atoms with Crippen molar-refractivity contribution in [1.29, 1.82) is 0 Å². The van der Waals surface area contributed by atoms with Crippen LogP contribution in [0.4, 0.5) is 4.79 Å². The van der Waals surface area contributed by atoms with Crippen molar-refractivity contribution in [3.63, 3.8) is 0 Å². The van der Waals surface area contributed by atoms with Gasteiger partial charge in [0.05, 0.1) is 14.2 Å². The highest BCUT2D eigenvalue weighted by Crippen LogP contribution is 2.64. The van der Waals surface area contributed by atoms with E-state index in [1.807, 2.05) is 0 Å². The minimum Gasteiger partial charge on any atom is -0.467 e. The molecular formula is C13H19NO4. The number of fused-ring (bicyclic) bond motifs is 3. The maximum Gasteiger partial charge on any atom is 0.410 e. The monoisotopic (exact) mass is 253 g/mol. The van der Waals surface area contributed by atoms with Crippen LogP contribution in [0.5, 0.6) is 0 Å². The van der Waals surface area contributed by atoms with Crippen molar-refractivity contribution in [3.05, 3.63) is 0 Å². The van der Waals surface area contributed by atoms with E-state index in [0.717, 1.165) is 25.7 Å². The molecule has 0 N–H and O–H groups in total. The Morgan fingerprint density at radius 3 is 2.56 bits per heavy atom. The van der Waals surface area contributed by atoms with E-state index < -0.39 is 5.54 Å². The van der Waals surface area contributed by atoms with Gasteiger partial charge in [-0.25, -0.2) is 9.59 Å². The number of nitrogens with zero attached hydrogens (tertiary/aromatic N) is 1. The van der Waals surface area contributed by atoms with Gasteiger partial charge in [-0.15, -0.1) is 0 Å². The molecule has 0 bridgehead atoms. The zero-order valence-electron chi connectivity index (χ0n) is 10.8. The molecule has 3 rings (SSSR count). The quantitative estimate of drug-likeness (QED) is 0.665. The molecule has 2 aliphatic carbocycles. The van der Waals surface area contributed by atoms with Crippen LogP contribution < -0.4 is 0 Å². The van der Waals surface area contributed by atoms with Crippen LogP contribution in [0.3, 0.4) is 0 Å². The highest BCUT2D eigenvalue weighted by atomic mass is 16.6. The fourth-order valence-electron chi connectivity index (χ4n) is 4.19. The minimum atomic E-state index is -0.707. The largest absolute Gasteiger partial charge is 0.467 e. The highest BCUT2D eigenvalue weighted by molar-refractivity contribution is 5.91. The van der Waals surface area contributed by atoms with Crippen molar-refractivity contribution >= 4 is 12.1 Å². The molecule has 3 fully saturated rings. The van der Waals surface area contributed by atoms with Crippen LogP contribution in [0.1, 0.15) is 32.1 Å². The average molecular weight is 253 g/mol. The van der Waals surface area contributed by atoms with E-state index in [0.29, 0.717) is 5.92 Å². The van der Waals surface area contributed by atoms with E-state index in [9.17, 15) is 9.59 Å². The van der Waals surface area contributed by atoms with E-state index in [1.54, 1.807) is 4.90 Å². The Labute approximate surface area is 106 Å². The van der Waals surface area contributed by atoms with Crippen LogP contribution in [0.15, 0.2) is 0 Å². The van der Waals surface area contributed by atoms with Gasteiger partial charge in [0.25, 0.3) is 0 Å². The van der Waals surface area contributed by atoms with Gasteiger partial charge in [-0.3, -0.25) is 4.90 Å². The standard InChI is InChI=1S/C13H19NO4/c1-17-11(15)13-7-9(13)8-5-3-4-6-10(8)14(13)12(16)18-2/h8-10H,3-7H2,1-2H3/t8-,9?,10-,13?/m0/s1. The second-order valence-electron chi connectivity index (χ2n) is 5.58. The van der Waals surface area contributed by atoms with E-state index in [1.165, 1.54) is 20.6 Å². The van der Waals surface area contributed by atoms with Gasteiger partial charge in [0.15, 0.2) is 0 Å². The second-order valence-corrected chi connectivity index (χ2v) is 5.58. The molecule has 0 aromatic carbocycles. The van der Waals surface area contributed by atoms with Crippen LogP contribution in [0, 0.1) is 11.8 Å². The molecule has 3 aliphatic rings. The van der Waals surface area contributed by atoms with Gasteiger partial charge >= 0.3 is 12.1 Å². The maximum atomic E-state index is 12.1. The van der Waals surface area contributed by atoms with Gasteiger partial charge < -0.3 is 9.47 Å². The topological polar surface area (TPSA) is 55.8 Å². The van der Waals surface area contributed by atoms with E-state index in [4.69, 9.17) is 9.47 Å². The molecule has 5 heteroatoms. The van der Waals surface area contributed by atoms with Gasteiger partial charge in [-0.05, 0) is 25.2 Å². The van der Waals surface area contributed by atoms with Crippen molar-refractivity contribution in [3.8, 4) is 0 Å². The lowest BCUT2D eigenvalue weighted by Crippen LogP contribution is -2.51. The Morgan fingerprint density at radius 1 is 1.17 bits per heavy atom. The van der Waals surface area contributed by atoms with Crippen LogP contribution in [0.25, 0.3) is 0 Å². The maximum absolute atomic E-state index is 12.1. The summed E-state index contributed by atoms with van der Waals surface area (Å²) in [5, 5.41) is 0. The van der Waals surface area contributed by atoms with E-state index >= 15 is 0 Å². The Bertz CT molecular complexity index is 396. The lowest BCUT2D eigenvalue weighted by atomic mass is 9.83. The van der Waals surface area contributed by atoms with Crippen LogP contribution >= 0.6 is 0 Å². The lowest BCUT2D eigenvalue weighted by Gasteiger charge is -2.36. The van der Waals surface area contributed by atoms with Crippen molar-refractivity contribution in [2.24, 2.45) is 11.8 Å². The van der Waals surface area contributed by atoms with Crippen molar-refractivity contribution in [2.45, 2.75) is 43.7 Å². The van der Waals surface area contributed by atoms with Crippen molar-refractivity contribution in [2.75, 3.05) is 14.2 Å². The summed E-state index contributed by atoms with van der Waals surface area (Å²) < 4.78 is 9.80. The number of likely N-dealkylation sites (tertiary alicyclic amines) is 1. The summed E-state index contributed by atoms with van der Waals surface area (Å²) in [7, 11) is 2.77. The number of methoxy groups -OCH3 is 2. The smallest absolute Gasteiger partial charge is 0.410 e. The average Bonchev–Trinajstić information content (AvgIpc) is 3.09. The van der Waals surface area contributed by atoms with Crippen molar-refractivity contribution < 1.29 is 19.1 Å². The summed E-state index contributed by atoms with van der Waals surface area (Å²) in [4.78, 5) is 25.8. The third-order valence-corrected chi connectivity index (χ3v) is 4.95. The SMILES string of the molecule is COC(=O)N1[C@H]2CCCC[C@H]2C2CC21C(=O)OC. The summed E-state index contributed by atoms with van der Waals surface area (Å²) in [6.07, 6.45) is 4.78. The van der Waals surface area contributed by atoms with Gasteiger partial charge in [-0.1, -0.05) is 12.8 Å². The zero-order valence-corrected chi connectivity index (χ0v) is 10.8. The number of piperidine rings is 1. The Kier molecular flexibility index (Phi) is 2.54. The molecule has 0 aromatic rings. The molecule has 1 heterocycles. The second kappa shape index (κ2) is 3.87. The molecule has 0 radical (unpaired) electrons. The van der Waals surface area contributed by atoms with E-state index in [-0.39, 0.29) is 24.0 Å². The first kappa shape index (κ1) is 11.8. The molecule has 0 aromatic heterocycles. The molecule has 0 spiro atoms. The first-order chi connectivity index (χ1) is 8.66. The predicted octanol–water partition coefficient (Wildman–Crippen LogP) is 1.56. The molecule has 5 nitrogen and oxygen atoms in total. The van der Waals surface area contributed by atoms with E-state index in [2.05, 4.69) is 0 Å². The Morgan fingerprint density at radius 2 is 1.89 bits per heavy atom. The van der Waals surface area contributed by atoms with Crippen molar-refractivity contribution in [1.82, 2.24) is 4.90 Å². The van der Waals surface area contributed by atoms with Crippen LogP contribution in [-0.2, 0) is 14.3 Å². The normalized spacial score (nSPS) is 40.8. The Hall–Kier alpha value is -1.26. The third kappa shape index (κ3) is 1.27. The van der Waals surface area contributed by atoms with Crippen LogP contribution in [-0.4, -0.2) is 42.8 Å². The molecule has 1 amide bonds. The molecule has 1 saturated heterocycles. The van der Waals surface area contributed by atoms with Gasteiger partial charge in [0.1, 0.15) is 5.54 Å². The van der Waals surface area contributed by atoms with Gasteiger partial charge in [0, 0.05) is 12.0 Å². The number of rotatable bonds is 1. The van der Waals surface area contributed by atoms with Gasteiger partial charge in [0.2, 0.25) is 0 Å². The van der Waals surface area contributed by atoms with Crippen LogP contribution in [0.2, 0.25) is 0 Å². The first-order valence-electron chi connectivity index (χ1n) is 6.62. The number of hydrogen-bond donors (Lipinski definition) is 0. The third-order valence-electron chi connectivity index (χ3n) is 4.95. The fourth-order valence-corrected chi connectivity index (χ4v) is 4.19. The summed E-state index contributed by atoms with van der Waals surface area (Å²) >= 11 is 0. The molecular weight excluding hydrogens is 234 g/mol. The first-order valence-corrected chi connectivity index (χ1v) is 6.62. The minimum absolute atomic E-state index is 0.170. The summed E-state index contributed by atoms with van der Waals surface area (Å²) in [6.45, 7) is 0. The molecule has 2 saturated carbocycles. The highest BCUT2D eigenvalue weighted by Gasteiger charge is 2.76. The number of amides is 1. The molecule has 4 atom stereocenters. The molecule has 1 aliphatic heterocycles. The zero-order chi connectivity index (χ0) is 12.9. The number of carbonyl (C=O) groups excluding carboxylic acids is 2. The number of carbonyl (C=O) groups is 2. The van der Waals surface area contributed by atoms with Gasteiger partial charge in [-0.2, -0.15) is 0 Å².